The Labute approximate surface area is 124 Å². The van der Waals surface area contributed by atoms with Gasteiger partial charge in [-0.05, 0) is 6.42 Å². The lowest BCUT2D eigenvalue weighted by Crippen LogP contribution is -2.15. The molecular formula is C16H19NO4. The van der Waals surface area contributed by atoms with Crippen LogP contribution in [0.4, 0.5) is 0 Å². The number of carbonyl (C=O) groups is 2. The van der Waals surface area contributed by atoms with Crippen molar-refractivity contribution in [1.82, 2.24) is 0 Å². The number of benzene rings is 1. The van der Waals surface area contributed by atoms with Crippen LogP contribution in [-0.4, -0.2) is 36.9 Å². The van der Waals surface area contributed by atoms with Crippen LogP contribution < -0.4 is 0 Å². The van der Waals surface area contributed by atoms with E-state index in [0.29, 0.717) is 24.7 Å². The molecule has 0 N–H and O–H groups in total. The van der Waals surface area contributed by atoms with Crippen molar-refractivity contribution < 1.29 is 19.1 Å². The normalized spacial score (nSPS) is 17.0. The van der Waals surface area contributed by atoms with Gasteiger partial charge in [0, 0.05) is 5.56 Å². The fourth-order valence-corrected chi connectivity index (χ4v) is 2.00. The lowest BCUT2D eigenvalue weighted by molar-refractivity contribution is -0.144. The minimum Gasteiger partial charge on any atom is -0.478 e. The van der Waals surface area contributed by atoms with Crippen LogP contribution in [0.1, 0.15) is 36.5 Å². The second kappa shape index (κ2) is 7.57. The van der Waals surface area contributed by atoms with Crippen LogP contribution in [0.2, 0.25) is 0 Å². The molecule has 5 nitrogen and oxygen atoms in total. The first-order chi connectivity index (χ1) is 10.2. The molecule has 0 spiro atoms. The molecule has 0 aliphatic carbocycles. The zero-order chi connectivity index (χ0) is 15.1. The van der Waals surface area contributed by atoms with E-state index in [1.54, 1.807) is 12.1 Å². The van der Waals surface area contributed by atoms with Crippen molar-refractivity contribution in [2.45, 2.75) is 32.2 Å². The number of esters is 1. The number of nitrogens with zero attached hydrogens (tertiary/aromatic N) is 1. The van der Waals surface area contributed by atoms with Gasteiger partial charge in [-0.15, -0.1) is 0 Å². The molecule has 0 fully saturated rings. The molecule has 1 aliphatic rings. The van der Waals surface area contributed by atoms with E-state index in [9.17, 15) is 9.59 Å². The second-order valence-electron chi connectivity index (χ2n) is 4.88. The molecular weight excluding hydrogens is 270 g/mol. The Kier molecular flexibility index (Phi) is 5.49. The number of aliphatic imine (C=N–C) groups is 1. The molecule has 0 saturated heterocycles. The van der Waals surface area contributed by atoms with E-state index in [1.807, 2.05) is 25.1 Å². The van der Waals surface area contributed by atoms with Gasteiger partial charge < -0.3 is 9.47 Å². The number of rotatable bonds is 7. The Morgan fingerprint density at radius 1 is 1.33 bits per heavy atom. The van der Waals surface area contributed by atoms with Crippen LogP contribution in [0, 0.1) is 0 Å². The van der Waals surface area contributed by atoms with Crippen molar-refractivity contribution in [2.24, 2.45) is 4.99 Å². The molecule has 1 heterocycles. The van der Waals surface area contributed by atoms with Crippen molar-refractivity contribution >= 4 is 17.7 Å². The van der Waals surface area contributed by atoms with Crippen molar-refractivity contribution in [3.8, 4) is 0 Å². The SMILES string of the molecule is CCCOC(=O)CC1COC(CC(=O)c2ccccc2)=N1. The summed E-state index contributed by atoms with van der Waals surface area (Å²) in [5, 5.41) is 0. The molecule has 1 aliphatic heterocycles. The maximum absolute atomic E-state index is 12.0. The molecule has 2 rings (SSSR count). The summed E-state index contributed by atoms with van der Waals surface area (Å²) in [5.41, 5.74) is 0.634. The van der Waals surface area contributed by atoms with Crippen molar-refractivity contribution in [2.75, 3.05) is 13.2 Å². The summed E-state index contributed by atoms with van der Waals surface area (Å²) in [6, 6.07) is 8.77. The van der Waals surface area contributed by atoms with E-state index in [1.165, 1.54) is 0 Å². The quantitative estimate of drug-likeness (QED) is 0.571. The summed E-state index contributed by atoms with van der Waals surface area (Å²) >= 11 is 0. The number of Topliss-reactive ketones (excluding diaryl/α,β-unsaturated/α-hetero) is 1. The zero-order valence-corrected chi connectivity index (χ0v) is 12.1. The first-order valence-corrected chi connectivity index (χ1v) is 7.12. The van der Waals surface area contributed by atoms with E-state index in [0.717, 1.165) is 6.42 Å². The topological polar surface area (TPSA) is 65.0 Å². The summed E-state index contributed by atoms with van der Waals surface area (Å²) in [4.78, 5) is 27.8. The third kappa shape index (κ3) is 4.70. The molecule has 0 bridgehead atoms. The van der Waals surface area contributed by atoms with Gasteiger partial charge >= 0.3 is 5.97 Å². The van der Waals surface area contributed by atoms with Crippen LogP contribution in [0.25, 0.3) is 0 Å². The van der Waals surface area contributed by atoms with Gasteiger partial charge in [-0.3, -0.25) is 9.59 Å². The van der Waals surface area contributed by atoms with Crippen LogP contribution >= 0.6 is 0 Å². The van der Waals surface area contributed by atoms with Gasteiger partial charge in [0.05, 0.1) is 25.5 Å². The summed E-state index contributed by atoms with van der Waals surface area (Å²) in [5.74, 6) is 0.0885. The predicted octanol–water partition coefficient (Wildman–Crippen LogP) is 2.40. The summed E-state index contributed by atoms with van der Waals surface area (Å²) in [7, 11) is 0. The molecule has 21 heavy (non-hydrogen) atoms. The Bertz CT molecular complexity index is 524. The maximum Gasteiger partial charge on any atom is 0.308 e. The van der Waals surface area contributed by atoms with E-state index >= 15 is 0 Å². The minimum atomic E-state index is -0.273. The average molecular weight is 289 g/mol. The molecule has 5 heteroatoms. The zero-order valence-electron chi connectivity index (χ0n) is 12.1. The smallest absolute Gasteiger partial charge is 0.308 e. The summed E-state index contributed by atoms with van der Waals surface area (Å²) in [6.07, 6.45) is 1.13. The largest absolute Gasteiger partial charge is 0.478 e. The first-order valence-electron chi connectivity index (χ1n) is 7.12. The van der Waals surface area contributed by atoms with Crippen LogP contribution in [0.3, 0.4) is 0 Å². The Hall–Kier alpha value is -2.17. The number of carbonyl (C=O) groups excluding carboxylic acids is 2. The van der Waals surface area contributed by atoms with Gasteiger partial charge in [0.2, 0.25) is 0 Å². The molecule has 1 aromatic rings. The minimum absolute atomic E-state index is 0.0384. The van der Waals surface area contributed by atoms with Crippen molar-refractivity contribution in [3.63, 3.8) is 0 Å². The highest BCUT2D eigenvalue weighted by atomic mass is 16.5. The van der Waals surface area contributed by atoms with Gasteiger partial charge in [0.1, 0.15) is 6.61 Å². The fraction of sp³-hybridized carbons (Fsp3) is 0.438. The van der Waals surface area contributed by atoms with Gasteiger partial charge in [-0.25, -0.2) is 4.99 Å². The van der Waals surface area contributed by atoms with Gasteiger partial charge in [0.15, 0.2) is 11.7 Å². The fourth-order valence-electron chi connectivity index (χ4n) is 2.00. The molecule has 0 radical (unpaired) electrons. The highest BCUT2D eigenvalue weighted by Gasteiger charge is 2.24. The molecule has 1 aromatic carbocycles. The van der Waals surface area contributed by atoms with Crippen LogP contribution in [0.15, 0.2) is 35.3 Å². The Morgan fingerprint density at radius 2 is 2.10 bits per heavy atom. The third-order valence-corrected chi connectivity index (χ3v) is 3.05. The highest BCUT2D eigenvalue weighted by Crippen LogP contribution is 2.13. The molecule has 0 amide bonds. The molecule has 1 atom stereocenters. The summed E-state index contributed by atoms with van der Waals surface area (Å²) in [6.45, 7) is 2.70. The monoisotopic (exact) mass is 289 g/mol. The van der Waals surface area contributed by atoms with Gasteiger partial charge in [0.25, 0.3) is 0 Å². The van der Waals surface area contributed by atoms with Gasteiger partial charge in [-0.1, -0.05) is 37.3 Å². The van der Waals surface area contributed by atoms with E-state index in [4.69, 9.17) is 9.47 Å². The molecule has 112 valence electrons. The average Bonchev–Trinajstić information content (AvgIpc) is 2.93. The number of hydrogen-bond acceptors (Lipinski definition) is 5. The highest BCUT2D eigenvalue weighted by molar-refractivity contribution is 6.07. The number of hydrogen-bond donors (Lipinski definition) is 0. The van der Waals surface area contributed by atoms with Gasteiger partial charge in [-0.2, -0.15) is 0 Å². The summed E-state index contributed by atoms with van der Waals surface area (Å²) < 4.78 is 10.4. The van der Waals surface area contributed by atoms with Crippen molar-refractivity contribution in [1.29, 1.82) is 0 Å². The van der Waals surface area contributed by atoms with Crippen LogP contribution in [0.5, 0.6) is 0 Å². The maximum atomic E-state index is 12.0. The predicted molar refractivity (Wildman–Crippen MR) is 78.4 cm³/mol. The molecule has 1 unspecified atom stereocenters. The standard InChI is InChI=1S/C16H19NO4/c1-2-8-20-16(19)9-13-11-21-15(17-13)10-14(18)12-6-4-3-5-7-12/h3-7,13H,2,8-11H2,1H3. The van der Waals surface area contributed by atoms with Crippen molar-refractivity contribution in [3.05, 3.63) is 35.9 Å². The Balaban J connectivity index is 1.84. The van der Waals surface area contributed by atoms with E-state index in [2.05, 4.69) is 4.99 Å². The lowest BCUT2D eigenvalue weighted by atomic mass is 10.1. The van der Waals surface area contributed by atoms with Crippen LogP contribution in [-0.2, 0) is 14.3 Å². The number of ketones is 1. The molecule has 0 saturated carbocycles. The Morgan fingerprint density at radius 3 is 2.81 bits per heavy atom. The lowest BCUT2D eigenvalue weighted by Gasteiger charge is -2.04. The van der Waals surface area contributed by atoms with E-state index in [-0.39, 0.29) is 30.6 Å². The first kappa shape index (κ1) is 15.2. The molecule has 0 aromatic heterocycles. The number of ether oxygens (including phenoxy) is 2. The third-order valence-electron chi connectivity index (χ3n) is 3.05. The second-order valence-corrected chi connectivity index (χ2v) is 4.88. The van der Waals surface area contributed by atoms with E-state index < -0.39 is 0 Å².